The van der Waals surface area contributed by atoms with Crippen molar-refractivity contribution in [2.45, 2.75) is 32.7 Å². The van der Waals surface area contributed by atoms with Crippen LogP contribution in [0.25, 0.3) is 6.08 Å². The lowest BCUT2D eigenvalue weighted by atomic mass is 10.1. The van der Waals surface area contributed by atoms with E-state index in [1.807, 2.05) is 12.1 Å². The van der Waals surface area contributed by atoms with E-state index in [-0.39, 0.29) is 5.91 Å². The fraction of sp³-hybridized carbons (Fsp3) is 0.250. The van der Waals surface area contributed by atoms with Gasteiger partial charge in [-0.15, -0.1) is 0 Å². The van der Waals surface area contributed by atoms with Gasteiger partial charge in [-0.3, -0.25) is 4.79 Å². The Labute approximate surface area is 131 Å². The average molecular weight is 291 g/mol. The van der Waals surface area contributed by atoms with Crippen molar-refractivity contribution in [3.8, 4) is 0 Å². The van der Waals surface area contributed by atoms with Crippen LogP contribution >= 0.6 is 0 Å². The van der Waals surface area contributed by atoms with E-state index in [1.54, 1.807) is 0 Å². The Morgan fingerprint density at radius 1 is 1.05 bits per heavy atom. The van der Waals surface area contributed by atoms with E-state index in [4.69, 9.17) is 0 Å². The first kappa shape index (κ1) is 14.6. The molecule has 112 valence electrons. The first-order valence-electron chi connectivity index (χ1n) is 7.84. The number of hydrogen-bond acceptors (Lipinski definition) is 1. The number of fused-ring (bicyclic) bond motifs is 1. The highest BCUT2D eigenvalue weighted by molar-refractivity contribution is 5.98. The predicted octanol–water partition coefficient (Wildman–Crippen LogP) is 4.03. The van der Waals surface area contributed by atoms with Gasteiger partial charge in [0, 0.05) is 12.1 Å². The van der Waals surface area contributed by atoms with Crippen molar-refractivity contribution in [3.63, 3.8) is 0 Å². The molecule has 22 heavy (non-hydrogen) atoms. The van der Waals surface area contributed by atoms with Crippen LogP contribution in [0.3, 0.4) is 0 Å². The van der Waals surface area contributed by atoms with Gasteiger partial charge in [-0.1, -0.05) is 54.1 Å². The highest BCUT2D eigenvalue weighted by Crippen LogP contribution is 2.23. The molecule has 1 aliphatic carbocycles. The van der Waals surface area contributed by atoms with E-state index < -0.39 is 0 Å². The number of nitrogens with one attached hydrogen (secondary N) is 1. The topological polar surface area (TPSA) is 29.1 Å². The van der Waals surface area contributed by atoms with E-state index in [9.17, 15) is 4.79 Å². The fourth-order valence-electron chi connectivity index (χ4n) is 2.81. The third-order valence-electron chi connectivity index (χ3n) is 4.14. The standard InChI is InChI=1S/C20H21NO/c1-15-9-11-16(12-10-15)14-21-20(22)19-8-4-7-17-5-2-3-6-18(17)13-19/h2-3,5-6,9-13H,4,7-8,14H2,1H3,(H,21,22). The van der Waals surface area contributed by atoms with Crippen LogP contribution in [-0.4, -0.2) is 5.91 Å². The smallest absolute Gasteiger partial charge is 0.247 e. The third kappa shape index (κ3) is 3.45. The summed E-state index contributed by atoms with van der Waals surface area (Å²) in [5.74, 6) is 0.0530. The quantitative estimate of drug-likeness (QED) is 0.909. The molecule has 0 heterocycles. The van der Waals surface area contributed by atoms with Gasteiger partial charge in [0.15, 0.2) is 0 Å². The Morgan fingerprint density at radius 3 is 2.64 bits per heavy atom. The molecule has 0 aliphatic heterocycles. The minimum Gasteiger partial charge on any atom is -0.348 e. The van der Waals surface area contributed by atoms with Gasteiger partial charge in [0.25, 0.3) is 0 Å². The van der Waals surface area contributed by atoms with E-state index in [2.05, 4.69) is 54.7 Å². The normalized spacial score (nSPS) is 13.8. The molecule has 2 nitrogen and oxygen atoms in total. The van der Waals surface area contributed by atoms with Gasteiger partial charge in [0.1, 0.15) is 0 Å². The highest BCUT2D eigenvalue weighted by Gasteiger charge is 2.14. The SMILES string of the molecule is Cc1ccc(CNC(=O)C2=Cc3ccccc3CCC2)cc1. The first-order valence-corrected chi connectivity index (χ1v) is 7.84. The van der Waals surface area contributed by atoms with Gasteiger partial charge in [-0.2, -0.15) is 0 Å². The van der Waals surface area contributed by atoms with Crippen molar-refractivity contribution in [2.75, 3.05) is 0 Å². The van der Waals surface area contributed by atoms with Gasteiger partial charge in [0.05, 0.1) is 0 Å². The minimum absolute atomic E-state index is 0.0530. The number of benzene rings is 2. The number of carbonyl (C=O) groups excluding carboxylic acids is 1. The molecule has 3 rings (SSSR count). The number of amides is 1. The summed E-state index contributed by atoms with van der Waals surface area (Å²) in [6.45, 7) is 2.65. The second-order valence-electron chi connectivity index (χ2n) is 5.89. The maximum absolute atomic E-state index is 12.4. The van der Waals surface area contributed by atoms with E-state index >= 15 is 0 Å². The summed E-state index contributed by atoms with van der Waals surface area (Å²) in [4.78, 5) is 12.4. The Morgan fingerprint density at radius 2 is 1.82 bits per heavy atom. The Balaban J connectivity index is 1.69. The highest BCUT2D eigenvalue weighted by atomic mass is 16.1. The zero-order valence-corrected chi connectivity index (χ0v) is 12.9. The third-order valence-corrected chi connectivity index (χ3v) is 4.14. The van der Waals surface area contributed by atoms with Gasteiger partial charge < -0.3 is 5.32 Å². The summed E-state index contributed by atoms with van der Waals surface area (Å²) in [6.07, 6.45) is 4.96. The van der Waals surface area contributed by atoms with Crippen molar-refractivity contribution in [1.82, 2.24) is 5.32 Å². The molecular formula is C20H21NO. The first-order chi connectivity index (χ1) is 10.7. The molecule has 0 saturated carbocycles. The van der Waals surface area contributed by atoms with E-state index in [0.29, 0.717) is 6.54 Å². The predicted molar refractivity (Wildman–Crippen MR) is 90.4 cm³/mol. The van der Waals surface area contributed by atoms with Crippen molar-refractivity contribution in [2.24, 2.45) is 0 Å². The minimum atomic E-state index is 0.0530. The summed E-state index contributed by atoms with van der Waals surface area (Å²) in [5.41, 5.74) is 5.77. The van der Waals surface area contributed by atoms with Crippen LogP contribution in [0, 0.1) is 6.92 Å². The Hall–Kier alpha value is -2.35. The van der Waals surface area contributed by atoms with E-state index in [0.717, 1.165) is 30.4 Å². The summed E-state index contributed by atoms with van der Waals surface area (Å²) in [7, 11) is 0. The van der Waals surface area contributed by atoms with Gasteiger partial charge in [-0.25, -0.2) is 0 Å². The second-order valence-corrected chi connectivity index (χ2v) is 5.89. The summed E-state index contributed by atoms with van der Waals surface area (Å²) >= 11 is 0. The maximum atomic E-state index is 12.4. The molecule has 2 heteroatoms. The number of aryl methyl sites for hydroxylation is 2. The number of rotatable bonds is 3. The number of carbonyl (C=O) groups is 1. The number of hydrogen-bond donors (Lipinski definition) is 1. The molecule has 1 amide bonds. The second kappa shape index (κ2) is 6.61. The molecule has 1 aliphatic rings. The lowest BCUT2D eigenvalue weighted by molar-refractivity contribution is -0.117. The van der Waals surface area contributed by atoms with Crippen molar-refractivity contribution >= 4 is 12.0 Å². The van der Waals surface area contributed by atoms with Gasteiger partial charge >= 0.3 is 0 Å². The van der Waals surface area contributed by atoms with Crippen LogP contribution in [0.4, 0.5) is 0 Å². The molecule has 0 radical (unpaired) electrons. The fourth-order valence-corrected chi connectivity index (χ4v) is 2.81. The molecule has 0 bridgehead atoms. The van der Waals surface area contributed by atoms with E-state index in [1.165, 1.54) is 16.7 Å². The van der Waals surface area contributed by atoms with Crippen LogP contribution in [-0.2, 0) is 17.8 Å². The molecule has 2 aromatic rings. The molecule has 0 spiro atoms. The molecule has 0 fully saturated rings. The summed E-state index contributed by atoms with van der Waals surface area (Å²) < 4.78 is 0. The Bertz CT molecular complexity index is 698. The van der Waals surface area contributed by atoms with Crippen molar-refractivity contribution in [3.05, 3.63) is 76.4 Å². The van der Waals surface area contributed by atoms with Gasteiger partial charge in [-0.05, 0) is 49.0 Å². The molecule has 0 aromatic heterocycles. The molecule has 0 unspecified atom stereocenters. The molecule has 0 saturated heterocycles. The largest absolute Gasteiger partial charge is 0.348 e. The summed E-state index contributed by atoms with van der Waals surface area (Å²) in [5, 5.41) is 3.04. The zero-order valence-electron chi connectivity index (χ0n) is 12.9. The van der Waals surface area contributed by atoms with Crippen LogP contribution in [0.1, 0.15) is 35.1 Å². The molecule has 2 aromatic carbocycles. The molecule has 1 N–H and O–H groups in total. The average Bonchev–Trinajstić information content (AvgIpc) is 2.76. The lowest BCUT2D eigenvalue weighted by Crippen LogP contribution is -2.24. The van der Waals surface area contributed by atoms with Gasteiger partial charge in [0.2, 0.25) is 5.91 Å². The monoisotopic (exact) mass is 291 g/mol. The Kier molecular flexibility index (Phi) is 4.38. The van der Waals surface area contributed by atoms with Crippen molar-refractivity contribution in [1.29, 1.82) is 0 Å². The van der Waals surface area contributed by atoms with Crippen LogP contribution < -0.4 is 5.32 Å². The van der Waals surface area contributed by atoms with Crippen molar-refractivity contribution < 1.29 is 4.79 Å². The molecule has 0 atom stereocenters. The summed E-state index contributed by atoms with van der Waals surface area (Å²) in [6, 6.07) is 16.6. The van der Waals surface area contributed by atoms with Crippen LogP contribution in [0.15, 0.2) is 54.1 Å². The molecular weight excluding hydrogens is 270 g/mol. The lowest BCUT2D eigenvalue weighted by Gasteiger charge is -2.08. The maximum Gasteiger partial charge on any atom is 0.247 e. The van der Waals surface area contributed by atoms with Crippen LogP contribution in [0.5, 0.6) is 0 Å². The van der Waals surface area contributed by atoms with Crippen LogP contribution in [0.2, 0.25) is 0 Å². The zero-order chi connectivity index (χ0) is 15.4.